The van der Waals surface area contributed by atoms with Gasteiger partial charge in [0.05, 0.1) is 0 Å². The monoisotopic (exact) mass is 636 g/mol. The molecule has 0 radical (unpaired) electrons. The van der Waals surface area contributed by atoms with Crippen molar-refractivity contribution in [3.05, 3.63) is 163 Å². The van der Waals surface area contributed by atoms with Crippen molar-refractivity contribution in [1.82, 2.24) is 0 Å². The van der Waals surface area contributed by atoms with Gasteiger partial charge in [-0.3, -0.25) is 0 Å². The fourth-order valence-corrected chi connectivity index (χ4v) is 7.23. The van der Waals surface area contributed by atoms with Gasteiger partial charge < -0.3 is 20.4 Å². The molecule has 48 heavy (non-hydrogen) atoms. The standard InChI is InChI=1S/C44H44O4/c1-23-17-39(45)27(5)13-35(23)43(36-14-28(6)40(46)18-24(36)2)33-11-9-32-22-34(12-10-31(32)21-33)44(37-15-29(7)41(47)19-25(37)3)38-16-30(8)42(48)20-26(38)4/h9-22,43-48H,1-8H3. The van der Waals surface area contributed by atoms with Crippen molar-refractivity contribution < 1.29 is 20.4 Å². The number of rotatable bonds is 6. The molecule has 0 aliphatic carbocycles. The predicted molar refractivity (Wildman–Crippen MR) is 196 cm³/mol. The molecule has 0 unspecified atom stereocenters. The Morgan fingerprint density at radius 1 is 0.312 bits per heavy atom. The Morgan fingerprint density at radius 2 is 0.562 bits per heavy atom. The van der Waals surface area contributed by atoms with Gasteiger partial charge in [0, 0.05) is 11.8 Å². The van der Waals surface area contributed by atoms with Crippen LogP contribution in [0.2, 0.25) is 0 Å². The molecule has 0 aliphatic heterocycles. The lowest BCUT2D eigenvalue weighted by molar-refractivity contribution is 0.469. The van der Waals surface area contributed by atoms with Crippen LogP contribution in [0.3, 0.4) is 0 Å². The number of hydrogen-bond acceptors (Lipinski definition) is 4. The largest absolute Gasteiger partial charge is 0.508 e. The van der Waals surface area contributed by atoms with E-state index in [0.717, 1.165) is 88.7 Å². The number of phenolic OH excluding ortho intramolecular Hbond substituents is 4. The van der Waals surface area contributed by atoms with Crippen LogP contribution >= 0.6 is 0 Å². The summed E-state index contributed by atoms with van der Waals surface area (Å²) in [5.74, 6) is 0.927. The summed E-state index contributed by atoms with van der Waals surface area (Å²) in [6, 6.07) is 29.0. The highest BCUT2D eigenvalue weighted by Gasteiger charge is 2.25. The summed E-state index contributed by atoms with van der Waals surface area (Å²) >= 11 is 0. The smallest absolute Gasteiger partial charge is 0.118 e. The van der Waals surface area contributed by atoms with Gasteiger partial charge in [-0.25, -0.2) is 0 Å². The molecule has 4 nitrogen and oxygen atoms in total. The zero-order valence-electron chi connectivity index (χ0n) is 29.0. The molecule has 6 aromatic carbocycles. The summed E-state index contributed by atoms with van der Waals surface area (Å²) in [5.41, 5.74) is 14.0. The van der Waals surface area contributed by atoms with E-state index in [2.05, 4.69) is 60.7 Å². The number of aromatic hydroxyl groups is 4. The van der Waals surface area contributed by atoms with Crippen LogP contribution in [0.5, 0.6) is 23.0 Å². The maximum absolute atomic E-state index is 10.5. The van der Waals surface area contributed by atoms with Crippen LogP contribution in [0.15, 0.2) is 84.9 Å². The van der Waals surface area contributed by atoms with Crippen LogP contribution in [-0.4, -0.2) is 20.4 Å². The van der Waals surface area contributed by atoms with Gasteiger partial charge in [0.1, 0.15) is 23.0 Å². The van der Waals surface area contributed by atoms with Crippen molar-refractivity contribution in [2.75, 3.05) is 0 Å². The highest BCUT2D eigenvalue weighted by Crippen LogP contribution is 2.43. The molecular weight excluding hydrogens is 592 g/mol. The number of hydrogen-bond donors (Lipinski definition) is 4. The van der Waals surface area contributed by atoms with Gasteiger partial charge in [-0.2, -0.15) is 0 Å². The van der Waals surface area contributed by atoms with E-state index in [4.69, 9.17) is 0 Å². The van der Waals surface area contributed by atoms with Crippen LogP contribution in [0.1, 0.15) is 89.7 Å². The van der Waals surface area contributed by atoms with Gasteiger partial charge >= 0.3 is 0 Å². The van der Waals surface area contributed by atoms with E-state index < -0.39 is 0 Å². The van der Waals surface area contributed by atoms with Crippen LogP contribution in [0.25, 0.3) is 10.8 Å². The third-order valence-corrected chi connectivity index (χ3v) is 10.1. The molecule has 4 N–H and O–H groups in total. The third-order valence-electron chi connectivity index (χ3n) is 10.1. The number of benzene rings is 6. The molecule has 0 aliphatic rings. The Morgan fingerprint density at radius 3 is 0.812 bits per heavy atom. The van der Waals surface area contributed by atoms with Gasteiger partial charge in [-0.05, 0) is 168 Å². The van der Waals surface area contributed by atoms with Crippen molar-refractivity contribution in [3.8, 4) is 23.0 Å². The minimum atomic E-state index is -0.106. The molecular formula is C44H44O4. The molecule has 0 aromatic heterocycles. The number of phenols is 4. The minimum absolute atomic E-state index is 0.106. The fraction of sp³-hybridized carbons (Fsp3) is 0.227. The first-order valence-electron chi connectivity index (χ1n) is 16.5. The lowest BCUT2D eigenvalue weighted by Crippen LogP contribution is -2.09. The van der Waals surface area contributed by atoms with Crippen LogP contribution in [0.4, 0.5) is 0 Å². The number of fused-ring (bicyclic) bond motifs is 1. The second-order valence-corrected chi connectivity index (χ2v) is 13.7. The molecule has 0 spiro atoms. The van der Waals surface area contributed by atoms with Gasteiger partial charge in [0.15, 0.2) is 0 Å². The van der Waals surface area contributed by atoms with Crippen molar-refractivity contribution in [2.24, 2.45) is 0 Å². The lowest BCUT2D eigenvalue weighted by atomic mass is 9.78. The highest BCUT2D eigenvalue weighted by molar-refractivity contribution is 5.85. The Labute approximate surface area is 283 Å². The first-order valence-corrected chi connectivity index (χ1v) is 16.5. The summed E-state index contributed by atoms with van der Waals surface area (Å²) < 4.78 is 0. The van der Waals surface area contributed by atoms with E-state index in [9.17, 15) is 20.4 Å². The van der Waals surface area contributed by atoms with Crippen LogP contribution in [0, 0.1) is 55.4 Å². The molecule has 0 amide bonds. The topological polar surface area (TPSA) is 80.9 Å². The van der Waals surface area contributed by atoms with Crippen molar-refractivity contribution in [3.63, 3.8) is 0 Å². The Hall–Kier alpha value is -5.22. The summed E-state index contributed by atoms with van der Waals surface area (Å²) in [5, 5.41) is 44.2. The van der Waals surface area contributed by atoms with Gasteiger partial charge in [0.25, 0.3) is 0 Å². The van der Waals surface area contributed by atoms with Crippen molar-refractivity contribution in [1.29, 1.82) is 0 Å². The molecule has 6 aromatic rings. The Bertz CT molecular complexity index is 1950. The lowest BCUT2D eigenvalue weighted by Gasteiger charge is -2.26. The second kappa shape index (κ2) is 12.4. The quantitative estimate of drug-likeness (QED) is 0.137. The molecule has 0 saturated carbocycles. The molecule has 0 fully saturated rings. The molecule has 4 heteroatoms. The van der Waals surface area contributed by atoms with Crippen LogP contribution in [-0.2, 0) is 0 Å². The average molecular weight is 637 g/mol. The normalized spacial score (nSPS) is 11.6. The Balaban J connectivity index is 1.54. The van der Waals surface area contributed by atoms with Crippen LogP contribution < -0.4 is 0 Å². The fourth-order valence-electron chi connectivity index (χ4n) is 7.23. The van der Waals surface area contributed by atoms with E-state index >= 15 is 0 Å². The van der Waals surface area contributed by atoms with Crippen molar-refractivity contribution in [2.45, 2.75) is 67.2 Å². The first kappa shape index (κ1) is 32.7. The van der Waals surface area contributed by atoms with E-state index in [1.54, 1.807) is 0 Å². The van der Waals surface area contributed by atoms with Gasteiger partial charge in [-0.1, -0.05) is 60.7 Å². The average Bonchev–Trinajstić information content (AvgIpc) is 3.03. The zero-order valence-corrected chi connectivity index (χ0v) is 29.0. The molecule has 0 atom stereocenters. The zero-order chi connectivity index (χ0) is 34.6. The Kier molecular flexibility index (Phi) is 8.47. The summed E-state index contributed by atoms with van der Waals surface area (Å²) in [6.07, 6.45) is 0. The molecule has 0 bridgehead atoms. The van der Waals surface area contributed by atoms with E-state index in [-0.39, 0.29) is 34.8 Å². The first-order chi connectivity index (χ1) is 22.7. The molecule has 0 heterocycles. The van der Waals surface area contributed by atoms with Gasteiger partial charge in [-0.15, -0.1) is 0 Å². The van der Waals surface area contributed by atoms with E-state index in [1.807, 2.05) is 79.7 Å². The predicted octanol–water partition coefficient (Wildman–Crippen LogP) is 10.5. The summed E-state index contributed by atoms with van der Waals surface area (Å²) in [6.45, 7) is 15.9. The van der Waals surface area contributed by atoms with E-state index in [0.29, 0.717) is 0 Å². The van der Waals surface area contributed by atoms with Gasteiger partial charge in [0.2, 0.25) is 0 Å². The van der Waals surface area contributed by atoms with Crippen molar-refractivity contribution >= 4 is 10.8 Å². The summed E-state index contributed by atoms with van der Waals surface area (Å²) in [7, 11) is 0. The van der Waals surface area contributed by atoms with E-state index in [1.165, 1.54) is 0 Å². The minimum Gasteiger partial charge on any atom is -0.508 e. The summed E-state index contributed by atoms with van der Waals surface area (Å²) in [4.78, 5) is 0. The SMILES string of the molecule is Cc1cc(C(c2ccc3cc(C(c4cc(C)c(O)cc4C)c4cc(C)c(O)cc4C)ccc3c2)c2cc(C)c(O)cc2C)c(C)cc1O. The maximum Gasteiger partial charge on any atom is 0.118 e. The molecule has 0 saturated heterocycles. The number of aryl methyl sites for hydroxylation is 8. The highest BCUT2D eigenvalue weighted by atomic mass is 16.3. The molecule has 244 valence electrons. The molecule has 6 rings (SSSR count). The maximum atomic E-state index is 10.5. The third kappa shape index (κ3) is 5.88. The second-order valence-electron chi connectivity index (χ2n) is 13.7.